The maximum absolute atomic E-state index is 12.6. The lowest BCUT2D eigenvalue weighted by atomic mass is 10.1. The number of ether oxygens (including phenoxy) is 1. The summed E-state index contributed by atoms with van der Waals surface area (Å²) in [5.74, 6) is -0.746. The lowest BCUT2D eigenvalue weighted by Crippen LogP contribution is -2.39. The van der Waals surface area contributed by atoms with E-state index in [1.807, 2.05) is 31.2 Å². The number of hydrogen-bond acceptors (Lipinski definition) is 6. The van der Waals surface area contributed by atoms with E-state index in [1.54, 1.807) is 7.11 Å². The third-order valence-electron chi connectivity index (χ3n) is 4.48. The summed E-state index contributed by atoms with van der Waals surface area (Å²) in [5.41, 5.74) is 1.95. The largest absolute Gasteiger partial charge is 0.481 e. The number of aryl methyl sites for hydroxylation is 1. The number of benzene rings is 1. The van der Waals surface area contributed by atoms with E-state index in [1.165, 1.54) is 9.70 Å². The van der Waals surface area contributed by atoms with E-state index < -0.39 is 5.97 Å². The number of amides is 1. The highest BCUT2D eigenvalue weighted by atomic mass is 16.5. The Kier molecular flexibility index (Phi) is 5.27. The van der Waals surface area contributed by atoms with Gasteiger partial charge in [-0.1, -0.05) is 29.8 Å². The molecule has 2 unspecified atom stereocenters. The highest BCUT2D eigenvalue weighted by Gasteiger charge is 2.36. The Hall–Kier alpha value is -2.81. The Morgan fingerprint density at radius 3 is 2.69 bits per heavy atom. The molecule has 1 amide bonds. The van der Waals surface area contributed by atoms with Crippen molar-refractivity contribution in [3.63, 3.8) is 0 Å². The second kappa shape index (κ2) is 7.61. The molecule has 1 aliphatic heterocycles. The summed E-state index contributed by atoms with van der Waals surface area (Å²) in [6.07, 6.45) is 0.244. The highest BCUT2D eigenvalue weighted by molar-refractivity contribution is 5.78. The molecule has 1 N–H and O–H groups in total. The number of likely N-dealkylation sites (tertiary alicyclic amines) is 1. The van der Waals surface area contributed by atoms with Gasteiger partial charge in [0.1, 0.15) is 6.54 Å². The van der Waals surface area contributed by atoms with E-state index in [-0.39, 0.29) is 31.0 Å². The molecular formula is C17H21N5O4. The molecule has 0 bridgehead atoms. The fourth-order valence-corrected chi connectivity index (χ4v) is 3.09. The SMILES string of the molecule is COC1CC(CC(=O)O)N(C(=O)Cn2nnc(-c3ccc(C)cc3)n2)C1. The Balaban J connectivity index is 1.69. The molecule has 1 aliphatic rings. The van der Waals surface area contributed by atoms with E-state index in [0.717, 1.165) is 11.1 Å². The fraction of sp³-hybridized carbons (Fsp3) is 0.471. The van der Waals surface area contributed by atoms with Gasteiger partial charge >= 0.3 is 5.97 Å². The maximum atomic E-state index is 12.6. The van der Waals surface area contributed by atoms with Gasteiger partial charge in [-0.05, 0) is 18.6 Å². The van der Waals surface area contributed by atoms with Crippen LogP contribution in [0.5, 0.6) is 0 Å². The quantitative estimate of drug-likeness (QED) is 0.810. The van der Waals surface area contributed by atoms with E-state index >= 15 is 0 Å². The predicted molar refractivity (Wildman–Crippen MR) is 91.2 cm³/mol. The summed E-state index contributed by atoms with van der Waals surface area (Å²) in [5, 5.41) is 21.2. The number of carbonyl (C=O) groups is 2. The van der Waals surface area contributed by atoms with Crippen LogP contribution in [0.3, 0.4) is 0 Å². The minimum absolute atomic E-state index is 0.0919. The second-order valence-electron chi connectivity index (χ2n) is 6.40. The number of aliphatic carboxylic acids is 1. The van der Waals surface area contributed by atoms with Crippen LogP contribution >= 0.6 is 0 Å². The van der Waals surface area contributed by atoms with Gasteiger partial charge < -0.3 is 14.7 Å². The third-order valence-corrected chi connectivity index (χ3v) is 4.48. The summed E-state index contributed by atoms with van der Waals surface area (Å²) in [6, 6.07) is 7.31. The molecule has 138 valence electrons. The van der Waals surface area contributed by atoms with Crippen LogP contribution in [-0.4, -0.2) is 67.9 Å². The van der Waals surface area contributed by atoms with E-state index in [0.29, 0.717) is 18.8 Å². The van der Waals surface area contributed by atoms with E-state index in [2.05, 4.69) is 15.4 Å². The van der Waals surface area contributed by atoms with Crippen LogP contribution in [0.25, 0.3) is 11.4 Å². The first kappa shape index (κ1) is 18.0. The fourth-order valence-electron chi connectivity index (χ4n) is 3.09. The summed E-state index contributed by atoms with van der Waals surface area (Å²) < 4.78 is 5.29. The van der Waals surface area contributed by atoms with Crippen molar-refractivity contribution in [2.24, 2.45) is 0 Å². The molecule has 2 atom stereocenters. The molecule has 0 spiro atoms. The molecule has 1 saturated heterocycles. The van der Waals surface area contributed by atoms with E-state index in [4.69, 9.17) is 9.84 Å². The maximum Gasteiger partial charge on any atom is 0.305 e. The number of tetrazole rings is 1. The zero-order valence-electron chi connectivity index (χ0n) is 14.7. The lowest BCUT2D eigenvalue weighted by molar-refractivity contribution is -0.140. The first-order valence-electron chi connectivity index (χ1n) is 8.35. The van der Waals surface area contributed by atoms with Gasteiger partial charge in [0, 0.05) is 25.3 Å². The van der Waals surface area contributed by atoms with Crippen molar-refractivity contribution in [1.29, 1.82) is 0 Å². The molecule has 26 heavy (non-hydrogen) atoms. The monoisotopic (exact) mass is 359 g/mol. The first-order chi connectivity index (χ1) is 12.5. The predicted octanol–water partition coefficient (Wildman–Crippen LogP) is 0.739. The molecule has 2 heterocycles. The third kappa shape index (κ3) is 4.05. The molecule has 1 aromatic carbocycles. The van der Waals surface area contributed by atoms with Gasteiger partial charge in [0.25, 0.3) is 0 Å². The van der Waals surface area contributed by atoms with Gasteiger partial charge in [-0.25, -0.2) is 0 Å². The Bertz CT molecular complexity index is 789. The topological polar surface area (TPSA) is 110 Å². The molecule has 1 fully saturated rings. The minimum Gasteiger partial charge on any atom is -0.481 e. The van der Waals surface area contributed by atoms with Gasteiger partial charge in [0.15, 0.2) is 0 Å². The Labute approximate surface area is 150 Å². The van der Waals surface area contributed by atoms with Crippen molar-refractivity contribution in [3.05, 3.63) is 29.8 Å². The van der Waals surface area contributed by atoms with Gasteiger partial charge in [-0.3, -0.25) is 9.59 Å². The highest BCUT2D eigenvalue weighted by Crippen LogP contribution is 2.23. The molecule has 9 nitrogen and oxygen atoms in total. The summed E-state index contributed by atoms with van der Waals surface area (Å²) in [7, 11) is 1.56. The van der Waals surface area contributed by atoms with Crippen LogP contribution in [0, 0.1) is 6.92 Å². The number of rotatable bonds is 6. The number of methoxy groups -OCH3 is 1. The smallest absolute Gasteiger partial charge is 0.305 e. The van der Waals surface area contributed by atoms with Crippen LogP contribution < -0.4 is 0 Å². The Morgan fingerprint density at radius 1 is 1.31 bits per heavy atom. The molecule has 3 rings (SSSR count). The van der Waals surface area contributed by atoms with Crippen molar-refractivity contribution >= 4 is 11.9 Å². The normalized spacial score (nSPS) is 19.7. The standard InChI is InChI=1S/C17H21N5O4/c1-11-3-5-12(6-4-11)17-18-20-22(19-17)10-15(23)21-9-14(26-2)7-13(21)8-16(24)25/h3-6,13-14H,7-10H2,1-2H3,(H,24,25). The van der Waals surface area contributed by atoms with Crippen LogP contribution in [-0.2, 0) is 20.9 Å². The number of carboxylic acid groups (broad SMARTS) is 1. The summed E-state index contributed by atoms with van der Waals surface area (Å²) in [4.78, 5) is 26.4. The zero-order valence-corrected chi connectivity index (χ0v) is 14.7. The minimum atomic E-state index is -0.940. The second-order valence-corrected chi connectivity index (χ2v) is 6.40. The van der Waals surface area contributed by atoms with Gasteiger partial charge in [-0.15, -0.1) is 10.2 Å². The number of carbonyl (C=O) groups excluding carboxylic acids is 1. The number of aromatic nitrogens is 4. The molecule has 2 aromatic rings. The van der Waals surface area contributed by atoms with Crippen molar-refractivity contribution in [3.8, 4) is 11.4 Å². The van der Waals surface area contributed by atoms with Gasteiger partial charge in [0.05, 0.1) is 12.5 Å². The summed E-state index contributed by atoms with van der Waals surface area (Å²) in [6.45, 7) is 2.27. The zero-order chi connectivity index (χ0) is 18.7. The van der Waals surface area contributed by atoms with Crippen molar-refractivity contribution in [2.45, 2.75) is 38.5 Å². The van der Waals surface area contributed by atoms with Crippen molar-refractivity contribution in [1.82, 2.24) is 25.1 Å². The molecule has 1 aromatic heterocycles. The van der Waals surface area contributed by atoms with Crippen molar-refractivity contribution < 1.29 is 19.4 Å². The Morgan fingerprint density at radius 2 is 2.04 bits per heavy atom. The number of carboxylic acids is 1. The van der Waals surface area contributed by atoms with E-state index in [9.17, 15) is 9.59 Å². The van der Waals surface area contributed by atoms with Gasteiger partial charge in [0.2, 0.25) is 11.7 Å². The lowest BCUT2D eigenvalue weighted by Gasteiger charge is -2.22. The molecule has 0 aliphatic carbocycles. The molecular weight excluding hydrogens is 338 g/mol. The molecule has 0 saturated carbocycles. The average Bonchev–Trinajstić information content (AvgIpc) is 3.22. The molecule has 0 radical (unpaired) electrons. The first-order valence-corrected chi connectivity index (χ1v) is 8.35. The average molecular weight is 359 g/mol. The van der Waals surface area contributed by atoms with Crippen LogP contribution in [0.4, 0.5) is 0 Å². The number of hydrogen-bond donors (Lipinski definition) is 1. The molecule has 9 heteroatoms. The van der Waals surface area contributed by atoms with Crippen molar-refractivity contribution in [2.75, 3.05) is 13.7 Å². The van der Waals surface area contributed by atoms with Crippen LogP contribution in [0.2, 0.25) is 0 Å². The van der Waals surface area contributed by atoms with Crippen LogP contribution in [0.1, 0.15) is 18.4 Å². The summed E-state index contributed by atoms with van der Waals surface area (Å²) >= 11 is 0. The number of nitrogens with zero attached hydrogens (tertiary/aromatic N) is 5. The van der Waals surface area contributed by atoms with Crippen LogP contribution in [0.15, 0.2) is 24.3 Å². The van der Waals surface area contributed by atoms with Gasteiger partial charge in [-0.2, -0.15) is 4.80 Å².